The van der Waals surface area contributed by atoms with Crippen molar-refractivity contribution in [1.82, 2.24) is 0 Å². The van der Waals surface area contributed by atoms with Crippen molar-refractivity contribution >= 4 is 71.9 Å². The summed E-state index contributed by atoms with van der Waals surface area (Å²) in [6.45, 7) is 77.6. The zero-order chi connectivity index (χ0) is 102. The lowest BCUT2D eigenvalue weighted by Gasteiger charge is -2.37. The first-order valence-electron chi connectivity index (χ1n) is 59.8. The second-order valence-corrected chi connectivity index (χ2v) is 57.8. The molecule has 0 aliphatic heterocycles. The first-order chi connectivity index (χ1) is 67.6. The minimum Gasteiger partial charge on any atom is -0.0654 e. The number of benzene rings is 11. The van der Waals surface area contributed by atoms with Crippen molar-refractivity contribution in [3.05, 3.63) is 221 Å². The smallest absolute Gasteiger partial charge is 0.0654 e. The maximum Gasteiger partial charge on any atom is 0.180 e. The summed E-state index contributed by atoms with van der Waals surface area (Å²) < 4.78 is 0. The van der Waals surface area contributed by atoms with Gasteiger partial charge in [0.1, 0.15) is 0 Å². The molecule has 6 aliphatic carbocycles. The zero-order valence-electron chi connectivity index (χ0n) is 96.5. The molecule has 0 fully saturated rings. The quantitative estimate of drug-likeness (QED) is 0.0117. The Bertz CT molecular complexity index is 6110. The molecule has 0 bridgehead atoms. The molecule has 1 unspecified atom stereocenters. The molecule has 0 amide bonds. The van der Waals surface area contributed by atoms with Crippen LogP contribution >= 0.6 is 0 Å². The van der Waals surface area contributed by atoms with Crippen molar-refractivity contribution in [2.45, 2.75) is 549 Å². The van der Waals surface area contributed by atoms with E-state index in [9.17, 15) is 0 Å². The van der Waals surface area contributed by atoms with E-state index < -0.39 is 8.07 Å². The van der Waals surface area contributed by atoms with Crippen LogP contribution in [0.5, 0.6) is 0 Å². The minimum absolute atomic E-state index is 0.0640. The van der Waals surface area contributed by atoms with Crippen molar-refractivity contribution < 1.29 is 0 Å². The van der Waals surface area contributed by atoms with E-state index in [2.05, 4.69) is 329 Å². The molecule has 0 nitrogen and oxygen atoms in total. The summed E-state index contributed by atoms with van der Waals surface area (Å²) in [6, 6.07) is 56.4. The van der Waals surface area contributed by atoms with E-state index in [4.69, 9.17) is 0 Å². The molecule has 0 heterocycles. The highest BCUT2D eigenvalue weighted by Crippen LogP contribution is 2.71. The third-order valence-corrected chi connectivity index (χ3v) is 44.2. The summed E-state index contributed by atoms with van der Waals surface area (Å²) in [7, 11) is -3.54. The summed E-state index contributed by atoms with van der Waals surface area (Å²) in [5, 5.41) is 17.8. The monoisotopic (exact) mass is 1920 g/mol. The average Bonchev–Trinajstić information content (AvgIpc) is 1.32. The highest BCUT2D eigenvalue weighted by atomic mass is 28.3. The molecular formula is C141H196Si. The van der Waals surface area contributed by atoms with Gasteiger partial charge < -0.3 is 0 Å². The van der Waals surface area contributed by atoms with E-state index in [0.29, 0.717) is 0 Å². The van der Waals surface area contributed by atoms with Gasteiger partial charge in [0, 0.05) is 0 Å². The molecule has 1 heteroatoms. The van der Waals surface area contributed by atoms with Crippen LogP contribution in [-0.2, 0) is 65.0 Å². The fraction of sp³-hybridized carbons (Fsp3) is 0.603. The van der Waals surface area contributed by atoms with Crippen LogP contribution in [0.4, 0.5) is 0 Å². The van der Waals surface area contributed by atoms with Gasteiger partial charge in [-0.1, -0.05) is 445 Å². The van der Waals surface area contributed by atoms with Crippen LogP contribution in [-0.4, -0.2) is 8.07 Å². The van der Waals surface area contributed by atoms with Gasteiger partial charge in [-0.2, -0.15) is 0 Å². The number of aryl methyl sites for hydroxylation is 6. The molecular weight excluding hydrogens is 1720 g/mol. The Labute approximate surface area is 869 Å². The van der Waals surface area contributed by atoms with Crippen molar-refractivity contribution in [2.24, 2.45) is 0 Å². The maximum atomic E-state index is 3.06. The van der Waals surface area contributed by atoms with E-state index in [-0.39, 0.29) is 65.0 Å². The fourth-order valence-corrected chi connectivity index (χ4v) is 40.3. The summed E-state index contributed by atoms with van der Waals surface area (Å²) in [4.78, 5) is 0. The molecule has 1 atom stereocenters. The molecule has 0 N–H and O–H groups in total. The van der Waals surface area contributed by atoms with Gasteiger partial charge in [-0.25, -0.2) is 0 Å². The molecule has 0 radical (unpaired) electrons. The summed E-state index contributed by atoms with van der Waals surface area (Å²) in [5.41, 5.74) is 38.2. The van der Waals surface area contributed by atoms with Crippen LogP contribution in [0.15, 0.2) is 121 Å². The highest BCUT2D eigenvalue weighted by molar-refractivity contribution is 7.20. The SMILES string of the molecule is CCCCCC1(CCCC)CC(C)(C)c2c1cc1c(c2-c2cc3c([Si](c4cc(C)cc(C)c4)(c4cc(C)cc(C)c4)c4cc(C)cc(C)c4)ccc4c5cc(-c6c7c(cc8c6C(C)(C)CC8(CCCC)CCCC)C(CCCC)(CCCC)CC7(C)C)cc6cc(-c7c8c(cc9c7C(C)(C)CC9(CCCC)CCCC)C(CCCC)(CCCC)CC8(C)C)cc(c(c2)c34)c65)C(C)(C)CC1(CCCC)CCCC. The van der Waals surface area contributed by atoms with E-state index in [1.807, 2.05) is 0 Å². The van der Waals surface area contributed by atoms with Gasteiger partial charge in [0.05, 0.1) is 0 Å². The predicted octanol–water partition coefficient (Wildman–Crippen LogP) is 40.2. The van der Waals surface area contributed by atoms with Crippen molar-refractivity contribution in [2.75, 3.05) is 0 Å². The van der Waals surface area contributed by atoms with Crippen molar-refractivity contribution in [3.8, 4) is 33.4 Å². The largest absolute Gasteiger partial charge is 0.180 e. The molecule has 11 aromatic rings. The van der Waals surface area contributed by atoms with Crippen molar-refractivity contribution in [3.63, 3.8) is 0 Å². The zero-order valence-corrected chi connectivity index (χ0v) is 97.5. The third-order valence-electron chi connectivity index (χ3n) is 39.5. The lowest BCUT2D eigenvalue weighted by molar-refractivity contribution is 0.286. The molecule has 17 rings (SSSR count). The standard InChI is InChI=1S/C141H196Si/c1-31-43-55-69-141(68-54-42-12)93-135(29,30)129-117(141)87-116-128(134(27,28)92-140(116,66-52-40-10)67-53-41-11)122(129)103-83-110-109-82-102(121-126-114(138(62-48-36-6,63-49-37-7)90-132(126,23)24)86-115-127(121)133(25,26)91-139(115,64-50-38-8)65-51-39-9)80-100-79-101(120-124-112(136(58-44-32-2,59-45-33-3)88-130(124,19)20)85-113-125(120)131(21,22)89-137(113,60-46-34-4)61-47-35-5)81-108(119(100)109)107-56-57-118(111(84-103)123(107)110)142(104-73-94(13)70-95(14)74-104,105-75-96(15)71-97(16)76-105)106-77-98(17)72-99(18)78-106/h56-57,70-87H,31-55,58-69,88-93H2,1-30H3. The van der Waals surface area contributed by atoms with Crippen LogP contribution in [0.3, 0.4) is 0 Å². The van der Waals surface area contributed by atoms with Crippen LogP contribution in [0.2, 0.25) is 0 Å². The average molecular weight is 1920 g/mol. The highest BCUT2D eigenvalue weighted by Gasteiger charge is 2.60. The van der Waals surface area contributed by atoms with Crippen LogP contribution in [0.25, 0.3) is 76.5 Å². The van der Waals surface area contributed by atoms with Crippen LogP contribution in [0.1, 0.15) is 542 Å². The number of hydrogen-bond donors (Lipinski definition) is 0. The topological polar surface area (TPSA) is 0 Å². The lowest BCUT2D eigenvalue weighted by Crippen LogP contribution is -2.75. The first-order valence-corrected chi connectivity index (χ1v) is 61.8. The van der Waals surface area contributed by atoms with Crippen LogP contribution in [0, 0.1) is 41.5 Å². The van der Waals surface area contributed by atoms with Gasteiger partial charge >= 0.3 is 0 Å². The second kappa shape index (κ2) is 40.4. The Balaban J connectivity index is 1.19. The lowest BCUT2D eigenvalue weighted by atomic mass is 9.69. The Hall–Kier alpha value is -7.06. The van der Waals surface area contributed by atoms with Crippen molar-refractivity contribution in [1.29, 1.82) is 0 Å². The minimum atomic E-state index is -3.54. The van der Waals surface area contributed by atoms with E-state index >= 15 is 0 Å². The van der Waals surface area contributed by atoms with Gasteiger partial charge in [-0.3, -0.25) is 0 Å². The Morgan fingerprint density at radius 2 is 0.408 bits per heavy atom. The third kappa shape index (κ3) is 18.0. The number of unbranched alkanes of at least 4 members (excludes halogenated alkanes) is 13. The summed E-state index contributed by atoms with van der Waals surface area (Å²) in [5.74, 6) is 0. The van der Waals surface area contributed by atoms with Gasteiger partial charge in [-0.15, -0.1) is 0 Å². The molecule has 0 spiro atoms. The number of rotatable bonds is 44. The number of fused-ring (bicyclic) bond motifs is 8. The predicted molar refractivity (Wildman–Crippen MR) is 631 cm³/mol. The Morgan fingerprint density at radius 1 is 0.204 bits per heavy atom. The van der Waals surface area contributed by atoms with Gasteiger partial charge in [0.25, 0.3) is 0 Å². The Kier molecular flexibility index (Phi) is 30.3. The van der Waals surface area contributed by atoms with E-state index in [1.54, 1.807) is 88.6 Å². The summed E-state index contributed by atoms with van der Waals surface area (Å²) >= 11 is 0. The summed E-state index contributed by atoms with van der Waals surface area (Å²) in [6.07, 6.45) is 53.7. The molecule has 11 aromatic carbocycles. The molecule has 142 heavy (non-hydrogen) atoms. The molecule has 0 aromatic heterocycles. The van der Waals surface area contributed by atoms with E-state index in [0.717, 1.165) is 0 Å². The van der Waals surface area contributed by atoms with Gasteiger partial charge in [0.2, 0.25) is 0 Å². The first kappa shape index (κ1) is 106. The van der Waals surface area contributed by atoms with Crippen LogP contribution < -0.4 is 20.7 Å². The molecule has 0 saturated carbocycles. The fourth-order valence-electron chi connectivity index (χ4n) is 34.8. The van der Waals surface area contributed by atoms with Gasteiger partial charge in [-0.05, 0) is 422 Å². The van der Waals surface area contributed by atoms with Gasteiger partial charge in [0.15, 0.2) is 8.07 Å². The maximum absolute atomic E-state index is 3.54. The Morgan fingerprint density at radius 3 is 0.641 bits per heavy atom. The molecule has 0 saturated heterocycles. The van der Waals surface area contributed by atoms with E-state index in [1.165, 1.54) is 385 Å². The number of hydrogen-bond acceptors (Lipinski definition) is 0. The normalized spacial score (nSPS) is 19.6. The second-order valence-electron chi connectivity index (χ2n) is 54.1. The molecule has 6 aliphatic rings. The molecule has 764 valence electrons.